The molecule has 1 unspecified atom stereocenters. The molecule has 0 saturated heterocycles. The summed E-state index contributed by atoms with van der Waals surface area (Å²) in [6, 6.07) is 4.78. The van der Waals surface area contributed by atoms with Crippen molar-refractivity contribution in [2.75, 3.05) is 0 Å². The Bertz CT molecular complexity index is 303. The Morgan fingerprint density at radius 3 is 2.64 bits per heavy atom. The third-order valence-electron chi connectivity index (χ3n) is 1.08. The molecule has 1 aromatic rings. The van der Waals surface area contributed by atoms with Gasteiger partial charge in [-0.15, -0.1) is 0 Å². The van der Waals surface area contributed by atoms with Crippen LogP contribution in [0, 0.1) is 0 Å². The van der Waals surface area contributed by atoms with Crippen molar-refractivity contribution in [3.63, 3.8) is 0 Å². The molecule has 0 saturated carbocycles. The summed E-state index contributed by atoms with van der Waals surface area (Å²) in [5, 5.41) is 0.300. The van der Waals surface area contributed by atoms with Crippen LogP contribution in [0.25, 0.3) is 0 Å². The van der Waals surface area contributed by atoms with Crippen molar-refractivity contribution < 1.29 is 8.76 Å². The minimum absolute atomic E-state index is 0.223. The second kappa shape index (κ2) is 3.67. The molecular weight excluding hydrogens is 251 g/mol. The van der Waals surface area contributed by atoms with Crippen LogP contribution in [-0.4, -0.2) is 8.76 Å². The van der Waals surface area contributed by atoms with E-state index in [2.05, 4.69) is 15.9 Å². The number of rotatable bonds is 1. The SMILES string of the molecule is O=S(O)c1cc(Br)ccc1Cl. The fourth-order valence-corrected chi connectivity index (χ4v) is 1.90. The number of benzene rings is 1. The fraction of sp³-hybridized carbons (Fsp3) is 0. The molecule has 11 heavy (non-hydrogen) atoms. The van der Waals surface area contributed by atoms with Crippen LogP contribution in [0.4, 0.5) is 0 Å². The maximum Gasteiger partial charge on any atom is 0.188 e. The minimum atomic E-state index is -2.01. The number of halogens is 2. The van der Waals surface area contributed by atoms with Gasteiger partial charge >= 0.3 is 0 Å². The highest BCUT2D eigenvalue weighted by molar-refractivity contribution is 9.10. The first-order valence-electron chi connectivity index (χ1n) is 2.67. The van der Waals surface area contributed by atoms with Gasteiger partial charge in [0.1, 0.15) is 0 Å². The summed E-state index contributed by atoms with van der Waals surface area (Å²) in [5.74, 6) is 0. The highest BCUT2D eigenvalue weighted by Gasteiger charge is 2.05. The van der Waals surface area contributed by atoms with E-state index >= 15 is 0 Å². The molecule has 2 nitrogen and oxygen atoms in total. The summed E-state index contributed by atoms with van der Waals surface area (Å²) in [7, 11) is 0. The van der Waals surface area contributed by atoms with Crippen LogP contribution in [0.1, 0.15) is 0 Å². The molecule has 0 bridgehead atoms. The van der Waals surface area contributed by atoms with Crippen molar-refractivity contribution in [3.05, 3.63) is 27.7 Å². The minimum Gasteiger partial charge on any atom is -0.302 e. The Labute approximate surface area is 80.0 Å². The molecule has 1 aromatic carbocycles. The second-order valence-corrected chi connectivity index (χ2v) is 4.08. The normalized spacial score (nSPS) is 13.0. The summed E-state index contributed by atoms with van der Waals surface area (Å²) >= 11 is 6.76. The summed E-state index contributed by atoms with van der Waals surface area (Å²) in [5.41, 5.74) is 0. The van der Waals surface area contributed by atoms with E-state index in [0.717, 1.165) is 4.47 Å². The molecule has 1 N–H and O–H groups in total. The molecule has 0 fully saturated rings. The van der Waals surface area contributed by atoms with Crippen LogP contribution in [-0.2, 0) is 11.1 Å². The third kappa shape index (κ3) is 2.27. The molecule has 0 amide bonds. The standard InChI is InChI=1S/C6H4BrClO2S/c7-4-1-2-5(8)6(3-4)11(9)10/h1-3H,(H,9,10). The second-order valence-electron chi connectivity index (χ2n) is 1.82. The molecule has 5 heteroatoms. The third-order valence-corrected chi connectivity index (χ3v) is 2.73. The van der Waals surface area contributed by atoms with Gasteiger partial charge in [0.25, 0.3) is 0 Å². The molecular formula is C6H4BrClO2S. The van der Waals surface area contributed by atoms with Gasteiger partial charge in [-0.3, -0.25) is 0 Å². The van der Waals surface area contributed by atoms with Crippen molar-refractivity contribution in [1.29, 1.82) is 0 Å². The summed E-state index contributed by atoms with van der Waals surface area (Å²) in [4.78, 5) is 0.223. The van der Waals surface area contributed by atoms with Crippen molar-refractivity contribution in [1.82, 2.24) is 0 Å². The van der Waals surface area contributed by atoms with E-state index in [1.165, 1.54) is 6.07 Å². The Kier molecular flexibility index (Phi) is 3.06. The molecule has 0 aromatic heterocycles. The topological polar surface area (TPSA) is 37.3 Å². The Morgan fingerprint density at radius 2 is 2.18 bits per heavy atom. The highest BCUT2D eigenvalue weighted by Crippen LogP contribution is 2.22. The zero-order valence-electron chi connectivity index (χ0n) is 5.25. The first kappa shape index (κ1) is 9.19. The lowest BCUT2D eigenvalue weighted by Gasteiger charge is -1.98. The van der Waals surface area contributed by atoms with Gasteiger partial charge in [-0.2, -0.15) is 0 Å². The average Bonchev–Trinajstić information content (AvgIpc) is 1.94. The lowest BCUT2D eigenvalue weighted by molar-refractivity contribution is 0.564. The van der Waals surface area contributed by atoms with Crippen LogP contribution in [0.2, 0.25) is 5.02 Å². The Balaban J connectivity index is 3.23. The van der Waals surface area contributed by atoms with Crippen molar-refractivity contribution in [2.24, 2.45) is 0 Å². The molecule has 0 aliphatic rings. The van der Waals surface area contributed by atoms with Crippen LogP contribution in [0.15, 0.2) is 27.6 Å². The number of hydrogen-bond acceptors (Lipinski definition) is 1. The molecule has 1 atom stereocenters. The van der Waals surface area contributed by atoms with Crippen molar-refractivity contribution in [2.45, 2.75) is 4.90 Å². The smallest absolute Gasteiger partial charge is 0.188 e. The van der Waals surface area contributed by atoms with E-state index in [4.69, 9.17) is 16.2 Å². The summed E-state index contributed by atoms with van der Waals surface area (Å²) < 4.78 is 20.0. The zero-order chi connectivity index (χ0) is 8.43. The van der Waals surface area contributed by atoms with E-state index in [0.29, 0.717) is 5.02 Å². The van der Waals surface area contributed by atoms with E-state index in [-0.39, 0.29) is 4.90 Å². The van der Waals surface area contributed by atoms with Gasteiger partial charge in [0.05, 0.1) is 9.92 Å². The fourth-order valence-electron chi connectivity index (χ4n) is 0.611. The number of hydrogen-bond donors (Lipinski definition) is 1. The Morgan fingerprint density at radius 1 is 1.55 bits per heavy atom. The predicted molar refractivity (Wildman–Crippen MR) is 48.2 cm³/mol. The first-order valence-corrected chi connectivity index (χ1v) is 4.95. The lowest BCUT2D eigenvalue weighted by atomic mass is 10.4. The molecule has 0 aliphatic carbocycles. The zero-order valence-corrected chi connectivity index (χ0v) is 8.41. The van der Waals surface area contributed by atoms with Crippen LogP contribution >= 0.6 is 27.5 Å². The van der Waals surface area contributed by atoms with Crippen LogP contribution in [0.3, 0.4) is 0 Å². The predicted octanol–water partition coefficient (Wildman–Crippen LogP) is 2.68. The quantitative estimate of drug-likeness (QED) is 0.784. The largest absolute Gasteiger partial charge is 0.302 e. The van der Waals surface area contributed by atoms with E-state index < -0.39 is 11.1 Å². The van der Waals surface area contributed by atoms with Crippen molar-refractivity contribution in [3.8, 4) is 0 Å². The Hall–Kier alpha value is 0.1000. The highest BCUT2D eigenvalue weighted by atomic mass is 79.9. The van der Waals surface area contributed by atoms with E-state index in [1.54, 1.807) is 12.1 Å². The molecule has 0 radical (unpaired) electrons. The van der Waals surface area contributed by atoms with Crippen molar-refractivity contribution >= 4 is 38.6 Å². The van der Waals surface area contributed by atoms with Gasteiger partial charge in [-0.1, -0.05) is 27.5 Å². The van der Waals surface area contributed by atoms with E-state index in [1.807, 2.05) is 0 Å². The van der Waals surface area contributed by atoms with E-state index in [9.17, 15) is 4.21 Å². The van der Waals surface area contributed by atoms with Gasteiger partial charge in [-0.25, -0.2) is 4.21 Å². The lowest BCUT2D eigenvalue weighted by Crippen LogP contribution is -1.88. The summed E-state index contributed by atoms with van der Waals surface area (Å²) in [6.07, 6.45) is 0. The van der Waals surface area contributed by atoms with Gasteiger partial charge in [0.15, 0.2) is 11.1 Å². The monoisotopic (exact) mass is 254 g/mol. The van der Waals surface area contributed by atoms with Gasteiger partial charge < -0.3 is 4.55 Å². The van der Waals surface area contributed by atoms with Crippen LogP contribution < -0.4 is 0 Å². The molecule has 0 heterocycles. The van der Waals surface area contributed by atoms with Gasteiger partial charge in [-0.05, 0) is 18.2 Å². The summed E-state index contributed by atoms with van der Waals surface area (Å²) in [6.45, 7) is 0. The molecule has 0 spiro atoms. The van der Waals surface area contributed by atoms with Gasteiger partial charge in [0, 0.05) is 4.47 Å². The van der Waals surface area contributed by atoms with Crippen LogP contribution in [0.5, 0.6) is 0 Å². The molecule has 1 rings (SSSR count). The molecule has 0 aliphatic heterocycles. The maximum atomic E-state index is 10.6. The average molecular weight is 256 g/mol. The van der Waals surface area contributed by atoms with Gasteiger partial charge in [0.2, 0.25) is 0 Å². The maximum absolute atomic E-state index is 10.6. The molecule has 60 valence electrons. The first-order chi connectivity index (χ1) is 5.11.